The normalized spacial score (nSPS) is 11.9. The molecule has 0 aliphatic heterocycles. The zero-order valence-electron chi connectivity index (χ0n) is 20.2. The Morgan fingerprint density at radius 2 is 1.56 bits per heavy atom. The zero-order valence-corrected chi connectivity index (χ0v) is 21.0. The van der Waals surface area contributed by atoms with Crippen LogP contribution in [0.15, 0.2) is 78.0 Å². The Labute approximate surface area is 223 Å². The van der Waals surface area contributed by atoms with E-state index in [0.717, 1.165) is 36.0 Å². The average molecular weight is 567 g/mol. The second-order valence-electron chi connectivity index (χ2n) is 8.18. The highest BCUT2D eigenvalue weighted by atomic mass is 32.2. The van der Waals surface area contributed by atoms with E-state index in [2.05, 4.69) is 15.5 Å². The largest absolute Gasteiger partial charge is 0.497 e. The number of halogens is 6. The fraction of sp³-hybridized carbons (Fsp3) is 0.192. The Morgan fingerprint density at radius 3 is 2.26 bits per heavy atom. The maximum Gasteiger partial charge on any atom is 0.416 e. The van der Waals surface area contributed by atoms with E-state index in [-0.39, 0.29) is 29.0 Å². The molecule has 0 aliphatic carbocycles. The summed E-state index contributed by atoms with van der Waals surface area (Å²) in [7, 11) is 1.45. The highest BCUT2D eigenvalue weighted by molar-refractivity contribution is 7.98. The number of rotatable bonds is 8. The van der Waals surface area contributed by atoms with E-state index in [1.165, 1.54) is 42.0 Å². The highest BCUT2D eigenvalue weighted by Crippen LogP contribution is 2.33. The van der Waals surface area contributed by atoms with Crippen molar-refractivity contribution in [2.75, 3.05) is 7.11 Å². The molecule has 0 aliphatic rings. The minimum absolute atomic E-state index is 0.0389. The fourth-order valence-electron chi connectivity index (χ4n) is 3.60. The predicted molar refractivity (Wildman–Crippen MR) is 132 cm³/mol. The second-order valence-corrected chi connectivity index (χ2v) is 9.13. The summed E-state index contributed by atoms with van der Waals surface area (Å²) in [6.07, 6.45) is -9.14. The molecule has 1 aromatic heterocycles. The number of benzene rings is 3. The Balaban J connectivity index is 1.63. The molecule has 0 saturated carbocycles. The van der Waals surface area contributed by atoms with Gasteiger partial charge in [-0.05, 0) is 48.0 Å². The van der Waals surface area contributed by atoms with Crippen LogP contribution in [0.2, 0.25) is 0 Å². The first kappa shape index (κ1) is 28.0. The zero-order chi connectivity index (χ0) is 28.2. The lowest BCUT2D eigenvalue weighted by Gasteiger charge is -2.14. The van der Waals surface area contributed by atoms with Gasteiger partial charge >= 0.3 is 12.4 Å². The van der Waals surface area contributed by atoms with Crippen molar-refractivity contribution >= 4 is 17.7 Å². The Morgan fingerprint density at radius 1 is 0.897 bits per heavy atom. The SMILES string of the molecule is COc1cccc(C(=O)NCc2nnc(SCc3cccc(C(F)(F)F)c3)n2-c2cccc(C(F)(F)F)c2)c1. The molecular weight excluding hydrogens is 546 g/mol. The molecule has 0 atom stereocenters. The van der Waals surface area contributed by atoms with Crippen molar-refractivity contribution in [3.63, 3.8) is 0 Å². The lowest BCUT2D eigenvalue weighted by molar-refractivity contribution is -0.138. The Hall–Kier alpha value is -4.00. The minimum atomic E-state index is -4.61. The summed E-state index contributed by atoms with van der Waals surface area (Å²) in [5, 5.41) is 10.9. The van der Waals surface area contributed by atoms with Gasteiger partial charge in [0.2, 0.25) is 0 Å². The van der Waals surface area contributed by atoms with E-state index in [4.69, 9.17) is 4.74 Å². The number of methoxy groups -OCH3 is 1. The Bertz CT molecular complexity index is 1470. The number of amides is 1. The van der Waals surface area contributed by atoms with Gasteiger partial charge in [-0.25, -0.2) is 0 Å². The lowest BCUT2D eigenvalue weighted by Crippen LogP contribution is -2.24. The first-order valence-electron chi connectivity index (χ1n) is 11.3. The molecule has 0 saturated heterocycles. The standard InChI is InChI=1S/C26H20F6N4O2S/c1-38-21-10-3-6-17(12-21)23(37)33-14-22-34-35-24(36(22)20-9-4-8-19(13-20)26(30,31)32)39-15-16-5-2-7-18(11-16)25(27,28)29/h2-13H,14-15H2,1H3,(H,33,37). The third kappa shape index (κ3) is 6.91. The summed E-state index contributed by atoms with van der Waals surface area (Å²) in [4.78, 5) is 12.7. The molecule has 1 amide bonds. The van der Waals surface area contributed by atoms with Gasteiger partial charge in [0.15, 0.2) is 11.0 Å². The molecule has 0 fully saturated rings. The molecule has 3 aromatic carbocycles. The van der Waals surface area contributed by atoms with Gasteiger partial charge in [0, 0.05) is 11.3 Å². The Kier molecular flexibility index (Phi) is 8.19. The molecule has 1 N–H and O–H groups in total. The molecule has 39 heavy (non-hydrogen) atoms. The molecule has 4 aromatic rings. The minimum Gasteiger partial charge on any atom is -0.497 e. The van der Waals surface area contributed by atoms with Gasteiger partial charge in [0.1, 0.15) is 5.75 Å². The number of ether oxygens (including phenoxy) is 1. The number of aromatic nitrogens is 3. The predicted octanol–water partition coefficient (Wildman–Crippen LogP) is 6.54. The van der Waals surface area contributed by atoms with Crippen LogP contribution >= 0.6 is 11.8 Å². The van der Waals surface area contributed by atoms with Crippen molar-refractivity contribution in [3.8, 4) is 11.4 Å². The van der Waals surface area contributed by atoms with Gasteiger partial charge in [-0.3, -0.25) is 9.36 Å². The first-order valence-corrected chi connectivity index (χ1v) is 12.3. The third-order valence-electron chi connectivity index (χ3n) is 5.49. The van der Waals surface area contributed by atoms with Crippen LogP contribution in [0.25, 0.3) is 5.69 Å². The molecule has 204 valence electrons. The van der Waals surface area contributed by atoms with Crippen LogP contribution < -0.4 is 10.1 Å². The molecule has 13 heteroatoms. The van der Waals surface area contributed by atoms with E-state index >= 15 is 0 Å². The third-order valence-corrected chi connectivity index (χ3v) is 6.49. The van der Waals surface area contributed by atoms with E-state index < -0.39 is 29.4 Å². The van der Waals surface area contributed by atoms with Crippen molar-refractivity contribution in [3.05, 3.63) is 101 Å². The molecule has 1 heterocycles. The number of nitrogens with zero attached hydrogens (tertiary/aromatic N) is 3. The van der Waals surface area contributed by atoms with E-state index in [1.807, 2.05) is 0 Å². The number of thioether (sulfide) groups is 1. The van der Waals surface area contributed by atoms with Crippen LogP contribution in [0.3, 0.4) is 0 Å². The van der Waals surface area contributed by atoms with Gasteiger partial charge in [-0.2, -0.15) is 26.3 Å². The van der Waals surface area contributed by atoms with Crippen molar-refractivity contribution in [1.29, 1.82) is 0 Å². The monoisotopic (exact) mass is 566 g/mol. The summed E-state index contributed by atoms with van der Waals surface area (Å²) in [5.41, 5.74) is -1.03. The van der Waals surface area contributed by atoms with E-state index in [0.29, 0.717) is 16.9 Å². The van der Waals surface area contributed by atoms with Gasteiger partial charge < -0.3 is 10.1 Å². The van der Waals surface area contributed by atoms with Crippen LogP contribution in [0.1, 0.15) is 32.9 Å². The van der Waals surface area contributed by atoms with Crippen LogP contribution in [0.4, 0.5) is 26.3 Å². The van der Waals surface area contributed by atoms with Gasteiger partial charge in [0.05, 0.1) is 30.5 Å². The van der Waals surface area contributed by atoms with Gasteiger partial charge in [-0.1, -0.05) is 42.1 Å². The molecular formula is C26H20F6N4O2S. The second kappa shape index (κ2) is 11.4. The summed E-state index contributed by atoms with van der Waals surface area (Å²) >= 11 is 0.996. The summed E-state index contributed by atoms with van der Waals surface area (Å²) in [6.45, 7) is -0.191. The van der Waals surface area contributed by atoms with Crippen molar-refractivity contribution in [1.82, 2.24) is 20.1 Å². The van der Waals surface area contributed by atoms with Crippen LogP contribution in [0, 0.1) is 0 Å². The number of hydrogen-bond donors (Lipinski definition) is 1. The number of alkyl halides is 6. The summed E-state index contributed by atoms with van der Waals surface area (Å²) in [6, 6.07) is 15.5. The number of carbonyl (C=O) groups is 1. The van der Waals surface area contributed by atoms with E-state index in [1.54, 1.807) is 18.2 Å². The average Bonchev–Trinajstić information content (AvgIpc) is 3.32. The molecule has 0 bridgehead atoms. The molecule has 0 unspecified atom stereocenters. The van der Waals surface area contributed by atoms with Crippen LogP contribution in [-0.2, 0) is 24.7 Å². The number of hydrogen-bond acceptors (Lipinski definition) is 5. The molecule has 6 nitrogen and oxygen atoms in total. The number of carbonyl (C=O) groups excluding carboxylic acids is 1. The van der Waals surface area contributed by atoms with Crippen LogP contribution in [0.5, 0.6) is 5.75 Å². The van der Waals surface area contributed by atoms with Gasteiger partial charge in [-0.15, -0.1) is 10.2 Å². The summed E-state index contributed by atoms with van der Waals surface area (Å²) in [5.74, 6) is 0.141. The van der Waals surface area contributed by atoms with E-state index in [9.17, 15) is 31.1 Å². The molecule has 0 spiro atoms. The van der Waals surface area contributed by atoms with Crippen molar-refractivity contribution in [2.24, 2.45) is 0 Å². The lowest BCUT2D eigenvalue weighted by atomic mass is 10.1. The van der Waals surface area contributed by atoms with Crippen molar-refractivity contribution < 1.29 is 35.9 Å². The van der Waals surface area contributed by atoms with Crippen molar-refractivity contribution in [2.45, 2.75) is 29.8 Å². The number of nitrogens with one attached hydrogen (secondary N) is 1. The first-order chi connectivity index (χ1) is 18.5. The maximum atomic E-state index is 13.4. The van der Waals surface area contributed by atoms with Crippen LogP contribution in [-0.4, -0.2) is 27.8 Å². The molecule has 0 radical (unpaired) electrons. The highest BCUT2D eigenvalue weighted by Gasteiger charge is 2.32. The quantitative estimate of drug-likeness (QED) is 0.194. The fourth-order valence-corrected chi connectivity index (χ4v) is 4.51. The topological polar surface area (TPSA) is 69.0 Å². The van der Waals surface area contributed by atoms with Gasteiger partial charge in [0.25, 0.3) is 5.91 Å². The maximum absolute atomic E-state index is 13.4. The summed E-state index contributed by atoms with van der Waals surface area (Å²) < 4.78 is 86.0. The molecule has 4 rings (SSSR count). The smallest absolute Gasteiger partial charge is 0.416 e.